The van der Waals surface area contributed by atoms with Gasteiger partial charge >= 0.3 is 5.97 Å². The third kappa shape index (κ3) is 1.30. The molecule has 2 heterocycles. The van der Waals surface area contributed by atoms with Crippen molar-refractivity contribution in [2.24, 2.45) is 0 Å². The van der Waals surface area contributed by atoms with E-state index in [0.29, 0.717) is 5.52 Å². The van der Waals surface area contributed by atoms with Gasteiger partial charge in [-0.15, -0.1) is 0 Å². The van der Waals surface area contributed by atoms with E-state index in [1.54, 1.807) is 4.52 Å². The van der Waals surface area contributed by atoms with E-state index in [1.807, 2.05) is 37.3 Å². The number of rotatable bonds is 1. The number of carboxylic acids is 1. The molecule has 0 aliphatic rings. The van der Waals surface area contributed by atoms with Crippen LogP contribution in [0.15, 0.2) is 36.5 Å². The molecule has 4 nitrogen and oxygen atoms in total. The molecule has 0 fully saturated rings. The second-order valence-electron chi connectivity index (χ2n) is 4.00. The number of carbonyl (C=O) groups is 1. The molecule has 3 rings (SSSR count). The second kappa shape index (κ2) is 3.31. The Bertz CT molecular complexity index is 744. The third-order valence-electron chi connectivity index (χ3n) is 2.95. The predicted octanol–water partition coefficient (Wildman–Crippen LogP) is 2.49. The molecule has 17 heavy (non-hydrogen) atoms. The topological polar surface area (TPSA) is 54.6 Å². The molecule has 0 amide bonds. The number of para-hydroxylation sites is 1. The van der Waals surface area contributed by atoms with Crippen LogP contribution in [0.3, 0.4) is 0 Å². The summed E-state index contributed by atoms with van der Waals surface area (Å²) >= 11 is 0. The molecule has 0 radical (unpaired) electrons. The standard InChI is InChI=1S/C13H10N2O2/c1-8-6-12-10(13(16)17)7-14-15(12)11-5-3-2-4-9(8)11/h2-7H,1H3,(H,16,17). The number of aryl methyl sites for hydroxylation is 1. The van der Waals surface area contributed by atoms with Crippen molar-refractivity contribution in [3.63, 3.8) is 0 Å². The Morgan fingerprint density at radius 1 is 1.29 bits per heavy atom. The van der Waals surface area contributed by atoms with Gasteiger partial charge in [0, 0.05) is 5.39 Å². The zero-order valence-corrected chi connectivity index (χ0v) is 9.21. The molecule has 0 unspecified atom stereocenters. The number of nitrogens with zero attached hydrogens (tertiary/aromatic N) is 2. The number of hydrogen-bond acceptors (Lipinski definition) is 2. The van der Waals surface area contributed by atoms with Crippen molar-refractivity contribution < 1.29 is 9.90 Å². The summed E-state index contributed by atoms with van der Waals surface area (Å²) in [7, 11) is 0. The van der Waals surface area contributed by atoms with Crippen molar-refractivity contribution in [3.8, 4) is 0 Å². The quantitative estimate of drug-likeness (QED) is 0.693. The van der Waals surface area contributed by atoms with Crippen LogP contribution in [0, 0.1) is 6.92 Å². The lowest BCUT2D eigenvalue weighted by Gasteiger charge is -2.05. The minimum atomic E-state index is -0.949. The van der Waals surface area contributed by atoms with E-state index in [4.69, 9.17) is 5.11 Å². The van der Waals surface area contributed by atoms with Crippen LogP contribution >= 0.6 is 0 Å². The number of fused-ring (bicyclic) bond motifs is 3. The van der Waals surface area contributed by atoms with E-state index in [0.717, 1.165) is 16.5 Å². The summed E-state index contributed by atoms with van der Waals surface area (Å²) in [4.78, 5) is 11.1. The fourth-order valence-electron chi connectivity index (χ4n) is 2.13. The minimum Gasteiger partial charge on any atom is -0.478 e. The van der Waals surface area contributed by atoms with Gasteiger partial charge in [-0.1, -0.05) is 18.2 Å². The van der Waals surface area contributed by atoms with Gasteiger partial charge in [0.1, 0.15) is 5.56 Å². The highest BCUT2D eigenvalue weighted by Crippen LogP contribution is 2.22. The van der Waals surface area contributed by atoms with Crippen LogP contribution in [0.2, 0.25) is 0 Å². The molecule has 0 bridgehead atoms. The predicted molar refractivity (Wildman–Crippen MR) is 64.4 cm³/mol. The number of carboxylic acid groups (broad SMARTS) is 1. The zero-order chi connectivity index (χ0) is 12.0. The average molecular weight is 226 g/mol. The first-order valence-corrected chi connectivity index (χ1v) is 5.28. The lowest BCUT2D eigenvalue weighted by atomic mass is 10.1. The summed E-state index contributed by atoms with van der Waals surface area (Å²) in [5, 5.41) is 14.3. The molecule has 4 heteroatoms. The van der Waals surface area contributed by atoms with Crippen molar-refractivity contribution in [3.05, 3.63) is 47.7 Å². The molecular weight excluding hydrogens is 216 g/mol. The van der Waals surface area contributed by atoms with E-state index in [-0.39, 0.29) is 5.56 Å². The Morgan fingerprint density at radius 3 is 2.82 bits per heavy atom. The molecular formula is C13H10N2O2. The summed E-state index contributed by atoms with van der Waals surface area (Å²) in [5.41, 5.74) is 2.85. The first kappa shape index (κ1) is 9.84. The Balaban J connectivity index is 2.54. The first-order chi connectivity index (χ1) is 8.18. The summed E-state index contributed by atoms with van der Waals surface area (Å²) in [5.74, 6) is -0.949. The molecule has 0 saturated carbocycles. The Labute approximate surface area is 97.1 Å². The molecule has 0 aliphatic heterocycles. The van der Waals surface area contributed by atoms with Crippen LogP contribution < -0.4 is 0 Å². The van der Waals surface area contributed by atoms with Crippen LogP contribution in [0.5, 0.6) is 0 Å². The lowest BCUT2D eigenvalue weighted by molar-refractivity contribution is 0.0699. The number of hydrogen-bond donors (Lipinski definition) is 1. The maximum Gasteiger partial charge on any atom is 0.339 e. The van der Waals surface area contributed by atoms with Crippen LogP contribution in [-0.4, -0.2) is 20.7 Å². The molecule has 1 aromatic carbocycles. The van der Waals surface area contributed by atoms with Crippen molar-refractivity contribution >= 4 is 22.4 Å². The zero-order valence-electron chi connectivity index (χ0n) is 9.21. The van der Waals surface area contributed by atoms with Crippen LogP contribution in [0.1, 0.15) is 15.9 Å². The van der Waals surface area contributed by atoms with Crippen LogP contribution in [-0.2, 0) is 0 Å². The first-order valence-electron chi connectivity index (χ1n) is 5.28. The van der Waals surface area contributed by atoms with E-state index in [2.05, 4.69) is 5.10 Å². The van der Waals surface area contributed by atoms with E-state index < -0.39 is 5.97 Å². The summed E-state index contributed by atoms with van der Waals surface area (Å²) in [6, 6.07) is 9.69. The SMILES string of the molecule is Cc1cc2c(C(=O)O)cnn2c2ccccc12. The number of aromatic carboxylic acids is 1. The average Bonchev–Trinajstić information content (AvgIpc) is 2.73. The van der Waals surface area contributed by atoms with E-state index in [9.17, 15) is 4.79 Å². The molecule has 0 aliphatic carbocycles. The van der Waals surface area contributed by atoms with Gasteiger partial charge in [0.15, 0.2) is 0 Å². The summed E-state index contributed by atoms with van der Waals surface area (Å²) in [6.07, 6.45) is 1.39. The highest BCUT2D eigenvalue weighted by Gasteiger charge is 2.13. The maximum absolute atomic E-state index is 11.1. The summed E-state index contributed by atoms with van der Waals surface area (Å²) < 4.78 is 1.67. The van der Waals surface area contributed by atoms with E-state index in [1.165, 1.54) is 6.20 Å². The number of pyridine rings is 1. The van der Waals surface area contributed by atoms with Crippen molar-refractivity contribution in [1.82, 2.24) is 9.61 Å². The van der Waals surface area contributed by atoms with Gasteiger partial charge in [-0.3, -0.25) is 0 Å². The lowest BCUT2D eigenvalue weighted by Crippen LogP contribution is -1.97. The normalized spacial score (nSPS) is 11.1. The molecule has 2 aromatic heterocycles. The van der Waals surface area contributed by atoms with Crippen molar-refractivity contribution in [2.75, 3.05) is 0 Å². The smallest absolute Gasteiger partial charge is 0.339 e. The van der Waals surface area contributed by atoms with Gasteiger partial charge in [0.05, 0.1) is 17.2 Å². The number of aromatic nitrogens is 2. The van der Waals surface area contributed by atoms with Gasteiger partial charge < -0.3 is 5.11 Å². The fourth-order valence-corrected chi connectivity index (χ4v) is 2.13. The Hall–Kier alpha value is -2.36. The highest BCUT2D eigenvalue weighted by molar-refractivity contribution is 5.98. The fraction of sp³-hybridized carbons (Fsp3) is 0.0769. The molecule has 1 N–H and O–H groups in total. The molecule has 0 spiro atoms. The molecule has 84 valence electrons. The van der Waals surface area contributed by atoms with E-state index >= 15 is 0 Å². The largest absolute Gasteiger partial charge is 0.478 e. The van der Waals surface area contributed by atoms with Crippen LogP contribution in [0.4, 0.5) is 0 Å². The molecule has 0 atom stereocenters. The van der Waals surface area contributed by atoms with Crippen molar-refractivity contribution in [2.45, 2.75) is 6.92 Å². The van der Waals surface area contributed by atoms with Gasteiger partial charge in [0.2, 0.25) is 0 Å². The number of benzene rings is 1. The third-order valence-corrected chi connectivity index (χ3v) is 2.95. The molecule has 0 saturated heterocycles. The summed E-state index contributed by atoms with van der Waals surface area (Å²) in [6.45, 7) is 1.97. The van der Waals surface area contributed by atoms with Gasteiger partial charge in [-0.25, -0.2) is 9.31 Å². The minimum absolute atomic E-state index is 0.235. The van der Waals surface area contributed by atoms with Crippen LogP contribution in [0.25, 0.3) is 16.4 Å². The second-order valence-corrected chi connectivity index (χ2v) is 4.00. The highest BCUT2D eigenvalue weighted by atomic mass is 16.4. The Morgan fingerprint density at radius 2 is 2.06 bits per heavy atom. The van der Waals surface area contributed by atoms with Crippen molar-refractivity contribution in [1.29, 1.82) is 0 Å². The van der Waals surface area contributed by atoms with Gasteiger partial charge in [-0.05, 0) is 24.6 Å². The Kier molecular flexibility index (Phi) is 1.92. The molecule has 3 aromatic rings. The van der Waals surface area contributed by atoms with Gasteiger partial charge in [-0.2, -0.15) is 5.10 Å². The maximum atomic E-state index is 11.1. The van der Waals surface area contributed by atoms with Gasteiger partial charge in [0.25, 0.3) is 0 Å². The monoisotopic (exact) mass is 226 g/mol.